The van der Waals surface area contributed by atoms with Gasteiger partial charge in [-0.3, -0.25) is 9.66 Å². The van der Waals surface area contributed by atoms with Crippen molar-refractivity contribution in [2.75, 3.05) is 5.84 Å². The number of rotatable bonds is 0. The molecule has 4 heteroatoms. The van der Waals surface area contributed by atoms with Crippen LogP contribution in [0.5, 0.6) is 0 Å². The first-order valence-corrected chi connectivity index (χ1v) is 3.06. The van der Waals surface area contributed by atoms with E-state index in [0.717, 1.165) is 21.0 Å². The predicted octanol–water partition coefficient (Wildman–Crippen LogP) is -2.14. The summed E-state index contributed by atoms with van der Waals surface area (Å²) in [5.41, 5.74) is 0. The number of hydrogen-bond donors (Lipinski definition) is 1. The fourth-order valence-corrected chi connectivity index (χ4v) is 0.686. The molecule has 0 aliphatic rings. The highest BCUT2D eigenvalue weighted by Crippen LogP contribution is 1.66. The third-order valence-corrected chi connectivity index (χ3v) is 1.64. The first-order chi connectivity index (χ1) is 3.30. The van der Waals surface area contributed by atoms with E-state index in [1.165, 1.54) is 4.68 Å². The van der Waals surface area contributed by atoms with Crippen molar-refractivity contribution in [3.8, 4) is 0 Å². The Kier molecular flexibility index (Phi) is 1.05. The molecule has 7 heavy (non-hydrogen) atoms. The zero-order valence-corrected chi connectivity index (χ0v) is 6.13. The molecular weight excluding hydrogens is 105 g/mol. The summed E-state index contributed by atoms with van der Waals surface area (Å²) in [5, 5.41) is 0. The maximum atomic E-state index is 5.33. The van der Waals surface area contributed by atoms with E-state index in [4.69, 9.17) is 5.84 Å². The maximum absolute atomic E-state index is 5.33. The molecule has 36 valence electrons. The molecule has 1 rings (SSSR count). The van der Waals surface area contributed by atoms with Gasteiger partial charge in [-0.05, 0) is 0 Å². The Bertz CT molecular complexity index is 142. The van der Waals surface area contributed by atoms with Gasteiger partial charge in [0.05, 0.1) is 0 Å². The lowest BCUT2D eigenvalue weighted by Gasteiger charge is -1.89. The summed E-state index contributed by atoms with van der Waals surface area (Å²) in [5.74, 6) is 5.33. The van der Waals surface area contributed by atoms with Gasteiger partial charge in [0.1, 0.15) is 0 Å². The van der Waals surface area contributed by atoms with E-state index in [1.807, 2.05) is 0 Å². The van der Waals surface area contributed by atoms with E-state index in [-0.39, 0.29) is 0 Å². The van der Waals surface area contributed by atoms with Gasteiger partial charge in [-0.1, -0.05) is 0 Å². The SMILES string of the molecule is Nn1ccn[c]1[AlH2]. The Morgan fingerprint density at radius 2 is 2.57 bits per heavy atom. The Morgan fingerprint density at radius 3 is 2.71 bits per heavy atom. The first-order valence-electron chi connectivity index (χ1n) is 2.06. The molecule has 0 atom stereocenters. The fourth-order valence-electron chi connectivity index (χ4n) is 0.388. The zero-order valence-electron chi connectivity index (χ0n) is 4.13. The van der Waals surface area contributed by atoms with Crippen molar-refractivity contribution < 1.29 is 0 Å². The van der Waals surface area contributed by atoms with Gasteiger partial charge in [0.15, 0.2) is 0 Å². The molecule has 0 saturated heterocycles. The van der Waals surface area contributed by atoms with Crippen molar-refractivity contribution in [3.05, 3.63) is 12.4 Å². The number of aromatic nitrogens is 2. The Hall–Kier alpha value is -0.458. The van der Waals surface area contributed by atoms with Gasteiger partial charge in [0, 0.05) is 17.1 Å². The highest BCUT2D eigenvalue weighted by Gasteiger charge is 1.84. The van der Waals surface area contributed by atoms with Crippen LogP contribution < -0.4 is 10.5 Å². The summed E-state index contributed by atoms with van der Waals surface area (Å²) < 4.78 is 2.51. The highest BCUT2D eigenvalue weighted by atomic mass is 27.0. The summed E-state index contributed by atoms with van der Waals surface area (Å²) in [6.07, 6.45) is 3.44. The largest absolute Gasteiger partial charge is 0.339 e. The highest BCUT2D eigenvalue weighted by molar-refractivity contribution is 6.29. The number of nitrogens with zero attached hydrogens (tertiary/aromatic N) is 2. The Labute approximate surface area is 49.5 Å². The van der Waals surface area contributed by atoms with E-state index >= 15 is 0 Å². The van der Waals surface area contributed by atoms with Crippen molar-refractivity contribution in [1.82, 2.24) is 9.66 Å². The summed E-state index contributed by atoms with van der Waals surface area (Å²) in [7, 11) is 0. The van der Waals surface area contributed by atoms with E-state index in [2.05, 4.69) is 4.98 Å². The van der Waals surface area contributed by atoms with Crippen molar-refractivity contribution in [1.29, 1.82) is 0 Å². The van der Waals surface area contributed by atoms with Gasteiger partial charge in [-0.15, -0.1) is 0 Å². The lowest BCUT2D eigenvalue weighted by atomic mass is 11.0. The van der Waals surface area contributed by atoms with Crippen molar-refractivity contribution in [2.45, 2.75) is 0 Å². The molecule has 0 amide bonds. The van der Waals surface area contributed by atoms with Crippen LogP contribution in [0.4, 0.5) is 0 Å². The molecule has 0 aliphatic carbocycles. The third-order valence-electron chi connectivity index (χ3n) is 0.862. The molecule has 1 aromatic rings. The topological polar surface area (TPSA) is 43.8 Å². The number of nitrogens with two attached hydrogens (primary N) is 1. The van der Waals surface area contributed by atoms with Crippen molar-refractivity contribution in [2.24, 2.45) is 0 Å². The number of hydrogen-bond acceptors (Lipinski definition) is 2. The molecule has 1 aromatic heterocycles. The molecule has 0 aromatic carbocycles. The summed E-state index contributed by atoms with van der Waals surface area (Å²) in [6.45, 7) is 0. The molecule has 0 radical (unpaired) electrons. The van der Waals surface area contributed by atoms with Crippen LogP contribution in [0.3, 0.4) is 0 Å². The van der Waals surface area contributed by atoms with Crippen LogP contribution in [0, 0.1) is 0 Å². The van der Waals surface area contributed by atoms with Crippen LogP contribution in [-0.2, 0) is 0 Å². The van der Waals surface area contributed by atoms with Crippen molar-refractivity contribution in [3.63, 3.8) is 0 Å². The molecule has 0 fully saturated rings. The van der Waals surface area contributed by atoms with E-state index in [9.17, 15) is 0 Å². The van der Waals surface area contributed by atoms with Crippen LogP contribution >= 0.6 is 0 Å². The van der Waals surface area contributed by atoms with Crippen LogP contribution in [0.1, 0.15) is 0 Å². The van der Waals surface area contributed by atoms with Crippen LogP contribution in [-0.4, -0.2) is 26.0 Å². The summed E-state index contributed by atoms with van der Waals surface area (Å²) in [6, 6.07) is 0. The smallest absolute Gasteiger partial charge is 0.321 e. The standard InChI is InChI=1S/C3H4N3.Al.2H/c4-6-2-1-5-3-6;;;/h1-2H,4H2;;;. The van der Waals surface area contributed by atoms with Crippen LogP contribution in [0.25, 0.3) is 0 Å². The molecule has 0 bridgehead atoms. The number of nitrogen functional groups attached to an aromatic ring is 1. The van der Waals surface area contributed by atoms with Gasteiger partial charge in [-0.2, -0.15) is 0 Å². The second-order valence-electron chi connectivity index (χ2n) is 1.38. The monoisotopic (exact) mass is 111 g/mol. The van der Waals surface area contributed by atoms with Crippen molar-refractivity contribution >= 4 is 21.0 Å². The average Bonchev–Trinajstić information content (AvgIpc) is 1.91. The second kappa shape index (κ2) is 1.57. The molecule has 0 spiro atoms. The molecule has 0 aliphatic heterocycles. The predicted molar refractivity (Wildman–Crippen MR) is 30.6 cm³/mol. The van der Waals surface area contributed by atoms with E-state index < -0.39 is 0 Å². The lowest BCUT2D eigenvalue weighted by molar-refractivity contribution is 1.05. The Morgan fingerprint density at radius 1 is 1.86 bits per heavy atom. The second-order valence-corrected chi connectivity index (χ2v) is 2.28. The minimum atomic E-state index is 0.925. The van der Waals surface area contributed by atoms with Crippen LogP contribution in [0.2, 0.25) is 0 Å². The minimum Gasteiger partial charge on any atom is -0.339 e. The normalized spacial score (nSPS) is 9.14. The Balaban J connectivity index is 3.12. The third kappa shape index (κ3) is 0.764. The molecule has 1 heterocycles. The van der Waals surface area contributed by atoms with E-state index in [0.29, 0.717) is 0 Å². The van der Waals surface area contributed by atoms with E-state index in [1.54, 1.807) is 12.4 Å². The molecule has 0 saturated carbocycles. The van der Waals surface area contributed by atoms with Gasteiger partial charge in [0.25, 0.3) is 0 Å². The lowest BCUT2D eigenvalue weighted by Crippen LogP contribution is -2.24. The summed E-state index contributed by atoms with van der Waals surface area (Å²) in [4.78, 5) is 3.92. The van der Waals surface area contributed by atoms with Gasteiger partial charge in [0.2, 0.25) is 0 Å². The minimum absolute atomic E-state index is 0.925. The van der Waals surface area contributed by atoms with Gasteiger partial charge >= 0.3 is 16.3 Å². The molecule has 3 nitrogen and oxygen atoms in total. The van der Waals surface area contributed by atoms with Gasteiger partial charge < -0.3 is 5.84 Å². The van der Waals surface area contributed by atoms with Crippen LogP contribution in [0.15, 0.2) is 12.4 Å². The number of imidazole rings is 1. The maximum Gasteiger partial charge on any atom is 0.321 e. The van der Waals surface area contributed by atoms with Gasteiger partial charge in [-0.25, -0.2) is 0 Å². The molecule has 2 N–H and O–H groups in total. The fraction of sp³-hybridized carbons (Fsp3) is 0. The molecular formula is C3H6AlN3. The molecule has 0 unspecified atom stereocenters. The average molecular weight is 111 g/mol. The summed E-state index contributed by atoms with van der Waals surface area (Å²) >= 11 is 0.925. The quantitative estimate of drug-likeness (QED) is 0.306. The zero-order chi connectivity index (χ0) is 5.28. The first kappa shape index (κ1) is 4.70.